The number of nitrogens with one attached hydrogen (secondary N) is 1. The van der Waals surface area contributed by atoms with Gasteiger partial charge < -0.3 is 10.1 Å². The van der Waals surface area contributed by atoms with Crippen molar-refractivity contribution in [3.63, 3.8) is 0 Å². The molecule has 0 saturated carbocycles. The average molecular weight is 295 g/mol. The van der Waals surface area contributed by atoms with Crippen LogP contribution in [0.2, 0.25) is 0 Å². The highest BCUT2D eigenvalue weighted by molar-refractivity contribution is 5.90. The van der Waals surface area contributed by atoms with Gasteiger partial charge in [0.25, 0.3) is 0 Å². The maximum Gasteiger partial charge on any atom is 0.340 e. The minimum Gasteiger partial charge on any atom is -0.465 e. The average Bonchev–Trinajstić information content (AvgIpc) is 2.77. The lowest BCUT2D eigenvalue weighted by Crippen LogP contribution is -2.09. The second-order valence-electron chi connectivity index (χ2n) is 4.54. The number of rotatable bonds is 4. The van der Waals surface area contributed by atoms with E-state index < -0.39 is 17.6 Å². The fourth-order valence-electron chi connectivity index (χ4n) is 1.86. The molecule has 1 aromatic heterocycles. The van der Waals surface area contributed by atoms with Crippen molar-refractivity contribution >= 4 is 11.7 Å². The van der Waals surface area contributed by atoms with Gasteiger partial charge in [0.1, 0.15) is 11.6 Å². The summed E-state index contributed by atoms with van der Waals surface area (Å²) in [6.07, 6.45) is 1.66. The van der Waals surface area contributed by atoms with Gasteiger partial charge in [-0.25, -0.2) is 13.6 Å². The Morgan fingerprint density at radius 1 is 1.38 bits per heavy atom. The van der Waals surface area contributed by atoms with Gasteiger partial charge in [0.15, 0.2) is 0 Å². The molecule has 0 bridgehead atoms. The van der Waals surface area contributed by atoms with Gasteiger partial charge in [-0.05, 0) is 13.0 Å². The molecule has 1 N–H and O–H groups in total. The molecule has 21 heavy (non-hydrogen) atoms. The Bertz CT molecular complexity index is 683. The number of aromatic nitrogens is 2. The lowest BCUT2D eigenvalue weighted by atomic mass is 10.1. The number of methoxy groups -OCH3 is 1. The first-order chi connectivity index (χ1) is 9.93. The minimum atomic E-state index is -0.956. The lowest BCUT2D eigenvalue weighted by Gasteiger charge is -2.10. The molecule has 2 aromatic rings. The molecule has 0 saturated heterocycles. The first-order valence-corrected chi connectivity index (χ1v) is 6.22. The number of anilines is 1. The second-order valence-corrected chi connectivity index (χ2v) is 4.54. The van der Waals surface area contributed by atoms with E-state index in [-0.39, 0.29) is 11.3 Å². The second kappa shape index (κ2) is 5.90. The molecular weight excluding hydrogens is 280 g/mol. The topological polar surface area (TPSA) is 56.1 Å². The third-order valence-electron chi connectivity index (χ3n) is 3.27. The Morgan fingerprint density at radius 2 is 2.10 bits per heavy atom. The SMILES string of the molecule is COC(=O)c1cc(NCc2cnn(C)c2C)c(F)cc1F. The lowest BCUT2D eigenvalue weighted by molar-refractivity contribution is 0.0595. The maximum absolute atomic E-state index is 13.7. The summed E-state index contributed by atoms with van der Waals surface area (Å²) in [5.74, 6) is -2.59. The third-order valence-corrected chi connectivity index (χ3v) is 3.27. The van der Waals surface area contributed by atoms with E-state index in [1.165, 1.54) is 0 Å². The molecule has 0 aliphatic carbocycles. The van der Waals surface area contributed by atoms with E-state index in [0.29, 0.717) is 12.6 Å². The molecule has 0 fully saturated rings. The van der Waals surface area contributed by atoms with Crippen molar-refractivity contribution in [1.82, 2.24) is 9.78 Å². The highest BCUT2D eigenvalue weighted by atomic mass is 19.1. The van der Waals surface area contributed by atoms with Crippen LogP contribution in [-0.2, 0) is 18.3 Å². The summed E-state index contributed by atoms with van der Waals surface area (Å²) >= 11 is 0. The van der Waals surface area contributed by atoms with Crippen LogP contribution >= 0.6 is 0 Å². The molecule has 0 unspecified atom stereocenters. The van der Waals surface area contributed by atoms with E-state index in [1.54, 1.807) is 17.9 Å². The quantitative estimate of drug-likeness (QED) is 0.880. The zero-order chi connectivity index (χ0) is 15.6. The molecule has 0 aliphatic rings. The molecule has 0 amide bonds. The molecule has 112 valence electrons. The molecule has 0 spiro atoms. The number of aryl methyl sites for hydroxylation is 1. The van der Waals surface area contributed by atoms with Crippen LogP contribution in [0.1, 0.15) is 21.6 Å². The summed E-state index contributed by atoms with van der Waals surface area (Å²) in [6.45, 7) is 2.19. The Labute approximate surface area is 120 Å². The zero-order valence-electron chi connectivity index (χ0n) is 11.9. The Kier molecular flexibility index (Phi) is 4.21. The van der Waals surface area contributed by atoms with E-state index in [0.717, 1.165) is 24.4 Å². The van der Waals surface area contributed by atoms with Gasteiger partial charge in [0, 0.05) is 30.9 Å². The van der Waals surface area contributed by atoms with Crippen molar-refractivity contribution in [2.75, 3.05) is 12.4 Å². The van der Waals surface area contributed by atoms with Crippen molar-refractivity contribution < 1.29 is 18.3 Å². The minimum absolute atomic E-state index is 0.0278. The molecule has 0 radical (unpaired) electrons. The van der Waals surface area contributed by atoms with Crippen LogP contribution < -0.4 is 5.32 Å². The number of ether oxygens (including phenoxy) is 1. The number of carbonyl (C=O) groups excluding carboxylic acids is 1. The highest BCUT2D eigenvalue weighted by Gasteiger charge is 2.16. The van der Waals surface area contributed by atoms with Crippen LogP contribution in [0.25, 0.3) is 0 Å². The molecule has 0 aliphatic heterocycles. The molecule has 1 aromatic carbocycles. The van der Waals surface area contributed by atoms with Gasteiger partial charge in [0.2, 0.25) is 0 Å². The third kappa shape index (κ3) is 3.01. The van der Waals surface area contributed by atoms with Gasteiger partial charge in [-0.1, -0.05) is 0 Å². The predicted octanol–water partition coefficient (Wildman–Crippen LogP) is 2.41. The van der Waals surface area contributed by atoms with Gasteiger partial charge in [-0.2, -0.15) is 5.10 Å². The number of hydrogen-bond acceptors (Lipinski definition) is 4. The number of halogens is 2. The van der Waals surface area contributed by atoms with Crippen molar-refractivity contribution in [3.8, 4) is 0 Å². The Hall–Kier alpha value is -2.44. The number of nitrogens with zero attached hydrogens (tertiary/aromatic N) is 2. The van der Waals surface area contributed by atoms with E-state index >= 15 is 0 Å². The van der Waals surface area contributed by atoms with Crippen LogP contribution in [0.4, 0.5) is 14.5 Å². The molecule has 5 nitrogen and oxygen atoms in total. The van der Waals surface area contributed by atoms with Crippen LogP contribution in [0.5, 0.6) is 0 Å². The standard InChI is InChI=1S/C14H15F2N3O2/c1-8-9(7-18-19(8)2)6-17-13-4-10(14(20)21-3)11(15)5-12(13)16/h4-5,7,17H,6H2,1-3H3. The van der Waals surface area contributed by atoms with Crippen molar-refractivity contribution in [3.05, 3.63) is 46.8 Å². The highest BCUT2D eigenvalue weighted by Crippen LogP contribution is 2.21. The fraction of sp³-hybridized carbons (Fsp3) is 0.286. The number of esters is 1. The molecular formula is C14H15F2N3O2. The Morgan fingerprint density at radius 3 is 2.67 bits per heavy atom. The summed E-state index contributed by atoms with van der Waals surface area (Å²) in [5, 5.41) is 6.90. The van der Waals surface area contributed by atoms with Crippen molar-refractivity contribution in [1.29, 1.82) is 0 Å². The predicted molar refractivity (Wildman–Crippen MR) is 73.0 cm³/mol. The van der Waals surface area contributed by atoms with E-state index in [9.17, 15) is 13.6 Å². The van der Waals surface area contributed by atoms with Gasteiger partial charge >= 0.3 is 5.97 Å². The van der Waals surface area contributed by atoms with Crippen LogP contribution in [0.3, 0.4) is 0 Å². The van der Waals surface area contributed by atoms with Crippen LogP contribution in [0, 0.1) is 18.6 Å². The Balaban J connectivity index is 2.23. The smallest absolute Gasteiger partial charge is 0.340 e. The number of hydrogen-bond donors (Lipinski definition) is 1. The largest absolute Gasteiger partial charge is 0.465 e. The van der Waals surface area contributed by atoms with Crippen molar-refractivity contribution in [2.24, 2.45) is 7.05 Å². The van der Waals surface area contributed by atoms with Crippen LogP contribution in [-0.4, -0.2) is 22.9 Å². The van der Waals surface area contributed by atoms with Crippen LogP contribution in [0.15, 0.2) is 18.3 Å². The number of benzene rings is 1. The normalized spacial score (nSPS) is 10.5. The van der Waals surface area contributed by atoms with E-state index in [1.807, 2.05) is 6.92 Å². The molecule has 0 atom stereocenters. The summed E-state index contributed by atoms with van der Waals surface area (Å²) < 4.78 is 33.4. The van der Waals surface area contributed by atoms with Gasteiger partial charge in [-0.15, -0.1) is 0 Å². The monoisotopic (exact) mass is 295 g/mol. The summed E-state index contributed by atoms with van der Waals surface area (Å²) in [7, 11) is 2.93. The number of carbonyl (C=O) groups is 1. The first kappa shape index (κ1) is 15.0. The van der Waals surface area contributed by atoms with Gasteiger partial charge in [-0.3, -0.25) is 4.68 Å². The zero-order valence-corrected chi connectivity index (χ0v) is 11.9. The maximum atomic E-state index is 13.7. The molecule has 7 heteroatoms. The fourth-order valence-corrected chi connectivity index (χ4v) is 1.86. The van der Waals surface area contributed by atoms with E-state index in [4.69, 9.17) is 0 Å². The van der Waals surface area contributed by atoms with Gasteiger partial charge in [0.05, 0.1) is 24.6 Å². The summed E-state index contributed by atoms with van der Waals surface area (Å²) in [4.78, 5) is 11.4. The van der Waals surface area contributed by atoms with Crippen molar-refractivity contribution in [2.45, 2.75) is 13.5 Å². The molecule has 1 heterocycles. The van der Waals surface area contributed by atoms with E-state index in [2.05, 4.69) is 15.2 Å². The first-order valence-electron chi connectivity index (χ1n) is 6.22. The summed E-state index contributed by atoms with van der Waals surface area (Å²) in [6, 6.07) is 1.76. The summed E-state index contributed by atoms with van der Waals surface area (Å²) in [5.41, 5.74) is 1.52. The molecule has 2 rings (SSSR count).